The second kappa shape index (κ2) is 5.11. The Labute approximate surface area is 126 Å². The van der Waals surface area contributed by atoms with Crippen LogP contribution in [-0.2, 0) is 6.18 Å². The summed E-state index contributed by atoms with van der Waals surface area (Å²) in [5, 5.41) is 0.855. The van der Waals surface area contributed by atoms with Gasteiger partial charge in [0.05, 0.1) is 11.1 Å². The second-order valence-electron chi connectivity index (χ2n) is 4.43. The van der Waals surface area contributed by atoms with E-state index in [1.807, 2.05) is 24.3 Å². The molecule has 0 N–H and O–H groups in total. The average molecular weight is 353 g/mol. The van der Waals surface area contributed by atoms with E-state index in [1.54, 1.807) is 0 Å². The lowest BCUT2D eigenvalue weighted by molar-refractivity contribution is -0.137. The van der Waals surface area contributed by atoms with E-state index < -0.39 is 11.7 Å². The lowest BCUT2D eigenvalue weighted by Crippen LogP contribution is -2.04. The van der Waals surface area contributed by atoms with Gasteiger partial charge in [-0.25, -0.2) is 9.97 Å². The van der Waals surface area contributed by atoms with Crippen molar-refractivity contribution < 1.29 is 13.2 Å². The van der Waals surface area contributed by atoms with E-state index in [0.717, 1.165) is 23.0 Å². The number of fused-ring (bicyclic) bond motifs is 1. The van der Waals surface area contributed by atoms with Gasteiger partial charge in [-0.3, -0.25) is 0 Å². The SMILES string of the molecule is FC(F)(F)c1ccc(-c2nc(Br)c3ccccc3n2)cc1. The zero-order valence-corrected chi connectivity index (χ0v) is 12.1. The average Bonchev–Trinajstić information content (AvgIpc) is 2.46. The van der Waals surface area contributed by atoms with Crippen molar-refractivity contribution in [1.29, 1.82) is 0 Å². The van der Waals surface area contributed by atoms with Gasteiger partial charge in [-0.1, -0.05) is 30.3 Å². The largest absolute Gasteiger partial charge is 0.416 e. The lowest BCUT2D eigenvalue weighted by atomic mass is 10.1. The number of para-hydroxylation sites is 1. The van der Waals surface area contributed by atoms with E-state index in [4.69, 9.17) is 0 Å². The molecule has 0 saturated heterocycles. The first-order chi connectivity index (χ1) is 9.95. The van der Waals surface area contributed by atoms with Crippen LogP contribution in [0, 0.1) is 0 Å². The van der Waals surface area contributed by atoms with Gasteiger partial charge in [-0.15, -0.1) is 0 Å². The lowest BCUT2D eigenvalue weighted by Gasteiger charge is -2.08. The van der Waals surface area contributed by atoms with Crippen LogP contribution < -0.4 is 0 Å². The zero-order valence-electron chi connectivity index (χ0n) is 10.5. The van der Waals surface area contributed by atoms with E-state index in [0.29, 0.717) is 16.0 Å². The number of hydrogen-bond acceptors (Lipinski definition) is 2. The molecule has 0 spiro atoms. The van der Waals surface area contributed by atoms with Gasteiger partial charge in [0.2, 0.25) is 0 Å². The standard InChI is InChI=1S/C15H8BrF3N2/c16-13-11-3-1-2-4-12(11)20-14(21-13)9-5-7-10(8-6-9)15(17,18)19/h1-8H. The van der Waals surface area contributed by atoms with Crippen LogP contribution in [0.15, 0.2) is 53.1 Å². The van der Waals surface area contributed by atoms with E-state index in [2.05, 4.69) is 25.9 Å². The van der Waals surface area contributed by atoms with Gasteiger partial charge in [0.25, 0.3) is 0 Å². The Bertz CT molecular complexity index is 798. The first-order valence-electron chi connectivity index (χ1n) is 6.05. The summed E-state index contributed by atoms with van der Waals surface area (Å²) in [7, 11) is 0. The number of hydrogen-bond donors (Lipinski definition) is 0. The highest BCUT2D eigenvalue weighted by molar-refractivity contribution is 9.10. The summed E-state index contributed by atoms with van der Waals surface area (Å²) >= 11 is 3.36. The smallest absolute Gasteiger partial charge is 0.228 e. The Balaban J connectivity index is 2.08. The topological polar surface area (TPSA) is 25.8 Å². The Hall–Kier alpha value is -1.95. The van der Waals surface area contributed by atoms with Gasteiger partial charge in [0.15, 0.2) is 5.82 Å². The van der Waals surface area contributed by atoms with Crippen LogP contribution in [0.2, 0.25) is 0 Å². The Morgan fingerprint density at radius 3 is 2.19 bits per heavy atom. The molecule has 0 bridgehead atoms. The van der Waals surface area contributed by atoms with Crippen LogP contribution in [0.3, 0.4) is 0 Å². The minimum Gasteiger partial charge on any atom is -0.228 e. The molecule has 0 saturated carbocycles. The number of halogens is 4. The summed E-state index contributed by atoms with van der Waals surface area (Å²) in [6.07, 6.45) is -4.34. The van der Waals surface area contributed by atoms with Crippen molar-refractivity contribution in [3.63, 3.8) is 0 Å². The molecule has 0 aliphatic rings. The molecular formula is C15H8BrF3N2. The third-order valence-corrected chi connectivity index (χ3v) is 3.63. The number of nitrogens with zero attached hydrogens (tertiary/aromatic N) is 2. The van der Waals surface area contributed by atoms with Gasteiger partial charge in [0, 0.05) is 10.9 Å². The minimum atomic E-state index is -4.34. The molecule has 0 radical (unpaired) electrons. The Morgan fingerprint density at radius 2 is 1.52 bits per heavy atom. The summed E-state index contributed by atoms with van der Waals surface area (Å²) in [6, 6.07) is 12.2. The molecule has 0 unspecified atom stereocenters. The molecule has 6 heteroatoms. The molecule has 2 aromatic carbocycles. The van der Waals surface area contributed by atoms with Crippen molar-refractivity contribution in [2.45, 2.75) is 6.18 Å². The zero-order chi connectivity index (χ0) is 15.0. The normalized spacial score (nSPS) is 11.8. The molecule has 21 heavy (non-hydrogen) atoms. The predicted octanol–water partition coefficient (Wildman–Crippen LogP) is 5.08. The van der Waals surface area contributed by atoms with Gasteiger partial charge < -0.3 is 0 Å². The summed E-state index contributed by atoms with van der Waals surface area (Å²) in [6.45, 7) is 0. The maximum atomic E-state index is 12.6. The molecule has 2 nitrogen and oxygen atoms in total. The van der Waals surface area contributed by atoms with E-state index >= 15 is 0 Å². The van der Waals surface area contributed by atoms with E-state index in [-0.39, 0.29) is 0 Å². The van der Waals surface area contributed by atoms with Crippen LogP contribution >= 0.6 is 15.9 Å². The number of alkyl halides is 3. The summed E-state index contributed by atoms with van der Waals surface area (Å²) in [4.78, 5) is 8.66. The van der Waals surface area contributed by atoms with Crippen LogP contribution in [0.1, 0.15) is 5.56 Å². The van der Waals surface area contributed by atoms with Gasteiger partial charge in [-0.2, -0.15) is 13.2 Å². The first-order valence-corrected chi connectivity index (χ1v) is 6.84. The monoisotopic (exact) mass is 352 g/mol. The molecule has 3 aromatic rings. The molecule has 1 aromatic heterocycles. The highest BCUT2D eigenvalue weighted by Gasteiger charge is 2.30. The van der Waals surface area contributed by atoms with Crippen LogP contribution in [0.5, 0.6) is 0 Å². The minimum absolute atomic E-state index is 0.384. The Kier molecular flexibility index (Phi) is 3.41. The van der Waals surface area contributed by atoms with Crippen molar-refractivity contribution in [1.82, 2.24) is 9.97 Å². The number of benzene rings is 2. The molecule has 0 aliphatic heterocycles. The molecule has 0 amide bonds. The third-order valence-electron chi connectivity index (χ3n) is 3.03. The number of aromatic nitrogens is 2. The summed E-state index contributed by atoms with van der Waals surface area (Å²) < 4.78 is 38.3. The highest BCUT2D eigenvalue weighted by Crippen LogP contribution is 2.31. The maximum Gasteiger partial charge on any atom is 0.416 e. The molecule has 106 valence electrons. The fourth-order valence-corrected chi connectivity index (χ4v) is 2.48. The molecular weight excluding hydrogens is 345 g/mol. The van der Waals surface area contributed by atoms with E-state index in [1.165, 1.54) is 12.1 Å². The molecule has 0 fully saturated rings. The fourth-order valence-electron chi connectivity index (χ4n) is 1.98. The Morgan fingerprint density at radius 1 is 0.857 bits per heavy atom. The third kappa shape index (κ3) is 2.76. The number of rotatable bonds is 1. The van der Waals surface area contributed by atoms with E-state index in [9.17, 15) is 13.2 Å². The second-order valence-corrected chi connectivity index (χ2v) is 5.18. The van der Waals surface area contributed by atoms with Gasteiger partial charge in [0.1, 0.15) is 4.60 Å². The van der Waals surface area contributed by atoms with Crippen LogP contribution in [0.4, 0.5) is 13.2 Å². The van der Waals surface area contributed by atoms with Crippen molar-refractivity contribution >= 4 is 26.8 Å². The van der Waals surface area contributed by atoms with Crippen molar-refractivity contribution in [3.05, 3.63) is 58.7 Å². The van der Waals surface area contributed by atoms with Gasteiger partial charge in [-0.05, 0) is 34.1 Å². The summed E-state index contributed by atoms with van der Waals surface area (Å²) in [5.41, 5.74) is 0.579. The molecule has 0 aliphatic carbocycles. The van der Waals surface area contributed by atoms with Crippen LogP contribution in [-0.4, -0.2) is 9.97 Å². The maximum absolute atomic E-state index is 12.6. The molecule has 3 rings (SSSR count). The van der Waals surface area contributed by atoms with Gasteiger partial charge >= 0.3 is 6.18 Å². The van der Waals surface area contributed by atoms with Crippen LogP contribution in [0.25, 0.3) is 22.3 Å². The highest BCUT2D eigenvalue weighted by atomic mass is 79.9. The quantitative estimate of drug-likeness (QED) is 0.571. The first kappa shape index (κ1) is 14.0. The molecule has 1 heterocycles. The summed E-state index contributed by atoms with van der Waals surface area (Å²) in [5.74, 6) is 0.384. The molecule has 0 atom stereocenters. The van der Waals surface area contributed by atoms with Crippen molar-refractivity contribution in [2.75, 3.05) is 0 Å². The van der Waals surface area contributed by atoms with Crippen molar-refractivity contribution in [3.8, 4) is 11.4 Å². The van der Waals surface area contributed by atoms with Crippen molar-refractivity contribution in [2.24, 2.45) is 0 Å². The predicted molar refractivity (Wildman–Crippen MR) is 77.7 cm³/mol. The fraction of sp³-hybridized carbons (Fsp3) is 0.0667.